The van der Waals surface area contributed by atoms with Crippen LogP contribution < -0.4 is 5.32 Å². The lowest BCUT2D eigenvalue weighted by Crippen LogP contribution is -2.49. The van der Waals surface area contributed by atoms with Gasteiger partial charge in [0.15, 0.2) is 0 Å². The van der Waals surface area contributed by atoms with Crippen molar-refractivity contribution in [1.82, 2.24) is 10.2 Å². The van der Waals surface area contributed by atoms with E-state index < -0.39 is 23.5 Å². The van der Waals surface area contributed by atoms with Crippen LogP contribution in [0.3, 0.4) is 0 Å². The van der Waals surface area contributed by atoms with Gasteiger partial charge in [0.05, 0.1) is 6.61 Å². The van der Waals surface area contributed by atoms with E-state index in [-0.39, 0.29) is 31.6 Å². The van der Waals surface area contributed by atoms with Crippen LogP contribution in [0.2, 0.25) is 0 Å². The van der Waals surface area contributed by atoms with Crippen molar-refractivity contribution in [3.63, 3.8) is 0 Å². The molecule has 2 N–H and O–H groups in total. The number of carbonyl (C=O) groups excluding carboxylic acids is 2. The van der Waals surface area contributed by atoms with Gasteiger partial charge in [-0.05, 0) is 35.1 Å². The third-order valence-electron chi connectivity index (χ3n) is 6.88. The topological polar surface area (TPSA) is 105 Å². The predicted molar refractivity (Wildman–Crippen MR) is 125 cm³/mol. The van der Waals surface area contributed by atoms with Crippen LogP contribution in [0.1, 0.15) is 36.8 Å². The van der Waals surface area contributed by atoms with Crippen molar-refractivity contribution < 1.29 is 29.0 Å². The zero-order valence-corrected chi connectivity index (χ0v) is 19.5. The lowest BCUT2D eigenvalue weighted by molar-refractivity contribution is -0.151. The van der Waals surface area contributed by atoms with Gasteiger partial charge in [-0.25, -0.2) is 4.79 Å². The van der Waals surface area contributed by atoms with E-state index in [1.54, 1.807) is 6.92 Å². The second-order valence-electron chi connectivity index (χ2n) is 8.96. The van der Waals surface area contributed by atoms with E-state index in [2.05, 4.69) is 17.4 Å². The number of carboxylic acid groups (broad SMARTS) is 1. The zero-order chi connectivity index (χ0) is 24.3. The van der Waals surface area contributed by atoms with Crippen molar-refractivity contribution in [3.05, 3.63) is 59.7 Å². The largest absolute Gasteiger partial charge is 0.481 e. The Bertz CT molecular complexity index is 1040. The van der Waals surface area contributed by atoms with Crippen LogP contribution in [0.4, 0.5) is 4.79 Å². The van der Waals surface area contributed by atoms with E-state index in [4.69, 9.17) is 9.47 Å². The summed E-state index contributed by atoms with van der Waals surface area (Å²) >= 11 is 0. The fourth-order valence-corrected chi connectivity index (χ4v) is 5.03. The Balaban J connectivity index is 1.38. The first-order chi connectivity index (χ1) is 16.4. The molecule has 8 nitrogen and oxygen atoms in total. The molecule has 2 amide bonds. The smallest absolute Gasteiger partial charge is 0.407 e. The average molecular weight is 467 g/mol. The van der Waals surface area contributed by atoms with Gasteiger partial charge in [0.1, 0.15) is 18.1 Å². The lowest BCUT2D eigenvalue weighted by atomic mass is 9.88. The summed E-state index contributed by atoms with van der Waals surface area (Å²) in [5, 5.41) is 12.3. The van der Waals surface area contributed by atoms with Gasteiger partial charge in [0.2, 0.25) is 5.91 Å². The Morgan fingerprint density at radius 1 is 1.12 bits per heavy atom. The second kappa shape index (κ2) is 9.85. The summed E-state index contributed by atoms with van der Waals surface area (Å²) in [5.74, 6) is -1.37. The third-order valence-corrected chi connectivity index (χ3v) is 6.88. The number of nitrogens with one attached hydrogen (secondary N) is 1. The lowest BCUT2D eigenvalue weighted by Gasteiger charge is -2.26. The quantitative estimate of drug-likeness (QED) is 0.619. The molecule has 2 aliphatic rings. The highest BCUT2D eigenvalue weighted by atomic mass is 16.5. The van der Waals surface area contributed by atoms with Crippen LogP contribution in [-0.4, -0.2) is 67.4 Å². The Kier molecular flexibility index (Phi) is 6.88. The fraction of sp³-hybridized carbons (Fsp3) is 0.423. The number of ether oxygens (including phenoxy) is 2. The number of aliphatic carboxylic acids is 1. The summed E-state index contributed by atoms with van der Waals surface area (Å²) in [6, 6.07) is 15.4. The number of likely N-dealkylation sites (tertiary alicyclic amines) is 1. The van der Waals surface area contributed by atoms with Crippen molar-refractivity contribution in [2.24, 2.45) is 5.41 Å². The molecule has 2 aromatic carbocycles. The molecule has 2 unspecified atom stereocenters. The predicted octanol–water partition coefficient (Wildman–Crippen LogP) is 3.25. The Morgan fingerprint density at radius 2 is 1.74 bits per heavy atom. The molecular formula is C26H30N2O6. The van der Waals surface area contributed by atoms with Gasteiger partial charge >= 0.3 is 12.1 Å². The number of carbonyl (C=O) groups is 3. The van der Waals surface area contributed by atoms with Gasteiger partial charge in [-0.2, -0.15) is 0 Å². The fourth-order valence-electron chi connectivity index (χ4n) is 5.03. The van der Waals surface area contributed by atoms with Gasteiger partial charge in [-0.15, -0.1) is 0 Å². The van der Waals surface area contributed by atoms with Crippen LogP contribution in [0.15, 0.2) is 48.5 Å². The molecule has 0 spiro atoms. The average Bonchev–Trinajstić information content (AvgIpc) is 3.42. The molecule has 1 aliphatic heterocycles. The second-order valence-corrected chi connectivity index (χ2v) is 8.96. The van der Waals surface area contributed by atoms with Crippen molar-refractivity contribution in [3.8, 4) is 11.1 Å². The van der Waals surface area contributed by atoms with Crippen molar-refractivity contribution >= 4 is 18.0 Å². The van der Waals surface area contributed by atoms with Gasteiger partial charge in [-0.3, -0.25) is 9.59 Å². The van der Waals surface area contributed by atoms with Gasteiger partial charge in [-0.1, -0.05) is 55.5 Å². The number of rotatable bonds is 8. The molecule has 0 saturated carbocycles. The van der Waals surface area contributed by atoms with E-state index in [9.17, 15) is 19.5 Å². The van der Waals surface area contributed by atoms with E-state index in [1.165, 1.54) is 12.0 Å². The van der Waals surface area contributed by atoms with Gasteiger partial charge in [0.25, 0.3) is 0 Å². The normalized spacial score (nSPS) is 19.9. The summed E-state index contributed by atoms with van der Waals surface area (Å²) < 4.78 is 10.7. The molecule has 8 heteroatoms. The Labute approximate surface area is 198 Å². The molecule has 0 radical (unpaired) electrons. The number of benzene rings is 2. The summed E-state index contributed by atoms with van der Waals surface area (Å²) in [5.41, 5.74) is 3.38. The van der Waals surface area contributed by atoms with Crippen molar-refractivity contribution in [1.29, 1.82) is 0 Å². The van der Waals surface area contributed by atoms with E-state index in [0.717, 1.165) is 22.3 Å². The van der Waals surface area contributed by atoms with Gasteiger partial charge < -0.3 is 24.8 Å². The highest BCUT2D eigenvalue weighted by molar-refractivity contribution is 5.87. The first-order valence-electron chi connectivity index (χ1n) is 11.5. The number of hydrogen-bond acceptors (Lipinski definition) is 5. The summed E-state index contributed by atoms with van der Waals surface area (Å²) in [7, 11) is 1.45. The monoisotopic (exact) mass is 466 g/mol. The third kappa shape index (κ3) is 4.37. The molecule has 1 aliphatic carbocycles. The molecule has 180 valence electrons. The number of nitrogens with zero attached hydrogens (tertiary/aromatic N) is 1. The molecule has 0 bridgehead atoms. The van der Waals surface area contributed by atoms with Crippen molar-refractivity contribution in [2.45, 2.75) is 31.7 Å². The molecule has 1 fully saturated rings. The molecule has 1 saturated heterocycles. The summed E-state index contributed by atoms with van der Waals surface area (Å²) in [6.07, 6.45) is 0.00957. The number of hydrogen-bond donors (Lipinski definition) is 2. The number of fused-ring (bicyclic) bond motifs is 3. The number of carboxylic acids is 1. The molecular weight excluding hydrogens is 436 g/mol. The minimum atomic E-state index is -1.12. The molecule has 4 rings (SSSR count). The SMILES string of the molecule is CCC(NC(=O)OCC1c2ccccc2-c2ccccc21)C(=O)N1CCC(COC)(C(=O)O)C1. The van der Waals surface area contributed by atoms with Crippen LogP contribution in [0, 0.1) is 5.41 Å². The number of methoxy groups -OCH3 is 1. The molecule has 2 atom stereocenters. The number of amides is 2. The first-order valence-corrected chi connectivity index (χ1v) is 11.5. The summed E-state index contributed by atoms with van der Waals surface area (Å²) in [4.78, 5) is 38.9. The maximum atomic E-state index is 13.0. The standard InChI is InChI=1S/C26H30N2O6/c1-3-22(23(29)28-13-12-26(15-28,16-33-2)24(30)31)27-25(32)34-14-21-19-10-6-4-8-17(19)18-9-5-7-11-20(18)21/h4-11,21-22H,3,12-16H2,1-2H3,(H,27,32)(H,30,31). The van der Waals surface area contributed by atoms with Crippen LogP contribution in [0.25, 0.3) is 11.1 Å². The minimum Gasteiger partial charge on any atom is -0.481 e. The van der Waals surface area contributed by atoms with Crippen molar-refractivity contribution in [2.75, 3.05) is 33.4 Å². The zero-order valence-electron chi connectivity index (χ0n) is 19.5. The highest BCUT2D eigenvalue weighted by Gasteiger charge is 2.47. The number of alkyl carbamates (subject to hydrolysis) is 1. The first kappa shape index (κ1) is 23.8. The summed E-state index contributed by atoms with van der Waals surface area (Å²) in [6.45, 7) is 2.34. The van der Waals surface area contributed by atoms with E-state index in [0.29, 0.717) is 19.4 Å². The maximum absolute atomic E-state index is 13.0. The maximum Gasteiger partial charge on any atom is 0.407 e. The molecule has 0 aromatic heterocycles. The minimum absolute atomic E-state index is 0.0305. The molecule has 1 heterocycles. The van der Waals surface area contributed by atoms with E-state index >= 15 is 0 Å². The van der Waals surface area contributed by atoms with Crippen LogP contribution in [0.5, 0.6) is 0 Å². The highest BCUT2D eigenvalue weighted by Crippen LogP contribution is 2.44. The Morgan fingerprint density at radius 3 is 2.29 bits per heavy atom. The molecule has 34 heavy (non-hydrogen) atoms. The van der Waals surface area contributed by atoms with E-state index in [1.807, 2.05) is 36.4 Å². The van der Waals surface area contributed by atoms with Crippen LogP contribution >= 0.6 is 0 Å². The molecule has 2 aromatic rings. The van der Waals surface area contributed by atoms with Crippen LogP contribution in [-0.2, 0) is 19.1 Å². The van der Waals surface area contributed by atoms with Gasteiger partial charge in [0, 0.05) is 26.1 Å². The Hall–Kier alpha value is -3.39.